The van der Waals surface area contributed by atoms with E-state index in [1.54, 1.807) is 0 Å². The fraction of sp³-hybridized carbons (Fsp3) is 0.667. The van der Waals surface area contributed by atoms with Crippen LogP contribution in [0.3, 0.4) is 0 Å². The third-order valence-electron chi connectivity index (χ3n) is 3.78. The molecule has 1 aromatic heterocycles. The van der Waals surface area contributed by atoms with Crippen molar-refractivity contribution in [1.29, 1.82) is 0 Å². The van der Waals surface area contributed by atoms with Crippen LogP contribution >= 0.6 is 0 Å². The van der Waals surface area contributed by atoms with Gasteiger partial charge in [0.15, 0.2) is 23.3 Å². The second-order valence-electron chi connectivity index (χ2n) is 5.44. The van der Waals surface area contributed by atoms with Crippen molar-refractivity contribution < 1.29 is 8.78 Å². The Morgan fingerprint density at radius 2 is 2.10 bits per heavy atom. The van der Waals surface area contributed by atoms with Crippen LogP contribution in [0.5, 0.6) is 0 Å². The molecule has 112 valence electrons. The molecular weight excluding hydrogens is 260 g/mol. The topological polar surface area (TPSA) is 28.2 Å². The Morgan fingerprint density at radius 3 is 2.85 bits per heavy atom. The molecule has 1 saturated heterocycles. The SMILES string of the molecule is CCCNc1nc(N2CCCCCC2C)c(F)cc1F. The zero-order valence-electron chi connectivity index (χ0n) is 12.3. The lowest BCUT2D eigenvalue weighted by Gasteiger charge is -2.29. The first-order valence-corrected chi connectivity index (χ1v) is 7.50. The van der Waals surface area contributed by atoms with Gasteiger partial charge in [-0.3, -0.25) is 0 Å². The summed E-state index contributed by atoms with van der Waals surface area (Å²) in [5, 5.41) is 2.92. The molecule has 0 saturated carbocycles. The van der Waals surface area contributed by atoms with Crippen LogP contribution in [-0.2, 0) is 0 Å². The smallest absolute Gasteiger partial charge is 0.168 e. The Bertz CT molecular complexity index is 451. The van der Waals surface area contributed by atoms with Gasteiger partial charge in [0.05, 0.1) is 0 Å². The average Bonchev–Trinajstić information content (AvgIpc) is 2.63. The molecule has 1 aromatic rings. The largest absolute Gasteiger partial charge is 0.368 e. The summed E-state index contributed by atoms with van der Waals surface area (Å²) >= 11 is 0. The quantitative estimate of drug-likeness (QED) is 0.907. The Kier molecular flexibility index (Phi) is 5.15. The molecule has 2 heterocycles. The molecule has 1 aliphatic heterocycles. The van der Waals surface area contributed by atoms with Gasteiger partial charge in [0, 0.05) is 25.2 Å². The summed E-state index contributed by atoms with van der Waals surface area (Å²) in [6, 6.07) is 1.18. The van der Waals surface area contributed by atoms with Crippen LogP contribution in [0.2, 0.25) is 0 Å². The van der Waals surface area contributed by atoms with Crippen LogP contribution in [0.4, 0.5) is 20.4 Å². The van der Waals surface area contributed by atoms with Crippen molar-refractivity contribution >= 4 is 11.6 Å². The summed E-state index contributed by atoms with van der Waals surface area (Å²) < 4.78 is 27.8. The lowest BCUT2D eigenvalue weighted by Crippen LogP contribution is -2.34. The van der Waals surface area contributed by atoms with Gasteiger partial charge >= 0.3 is 0 Å². The summed E-state index contributed by atoms with van der Waals surface area (Å²) in [5.41, 5.74) is 0. The number of anilines is 2. The van der Waals surface area contributed by atoms with Gasteiger partial charge in [-0.25, -0.2) is 13.8 Å². The van der Waals surface area contributed by atoms with Gasteiger partial charge in [-0.15, -0.1) is 0 Å². The minimum Gasteiger partial charge on any atom is -0.368 e. The monoisotopic (exact) mass is 283 g/mol. The molecule has 1 aliphatic rings. The molecule has 0 radical (unpaired) electrons. The normalized spacial score (nSPS) is 19.8. The molecule has 1 N–H and O–H groups in total. The van der Waals surface area contributed by atoms with Gasteiger partial charge in [0.2, 0.25) is 0 Å². The summed E-state index contributed by atoms with van der Waals surface area (Å²) in [7, 11) is 0. The van der Waals surface area contributed by atoms with Crippen molar-refractivity contribution in [2.24, 2.45) is 0 Å². The molecule has 0 amide bonds. The van der Waals surface area contributed by atoms with Crippen LogP contribution in [0.1, 0.15) is 46.0 Å². The number of aromatic nitrogens is 1. The van der Waals surface area contributed by atoms with Gasteiger partial charge in [-0.1, -0.05) is 19.8 Å². The number of halogens is 2. The molecule has 1 fully saturated rings. The third kappa shape index (κ3) is 3.38. The summed E-state index contributed by atoms with van der Waals surface area (Å²) in [6.45, 7) is 5.48. The molecule has 1 atom stereocenters. The van der Waals surface area contributed by atoms with E-state index in [9.17, 15) is 8.78 Å². The number of nitrogens with zero attached hydrogens (tertiary/aromatic N) is 2. The fourth-order valence-corrected chi connectivity index (χ4v) is 2.62. The minimum atomic E-state index is -0.623. The molecule has 1 unspecified atom stereocenters. The van der Waals surface area contributed by atoms with E-state index in [0.29, 0.717) is 6.54 Å². The highest BCUT2D eigenvalue weighted by molar-refractivity contribution is 5.50. The molecule has 0 bridgehead atoms. The highest BCUT2D eigenvalue weighted by Gasteiger charge is 2.23. The highest BCUT2D eigenvalue weighted by atomic mass is 19.1. The molecule has 20 heavy (non-hydrogen) atoms. The molecule has 5 heteroatoms. The maximum absolute atomic E-state index is 14.1. The molecule has 0 aliphatic carbocycles. The predicted molar refractivity (Wildman–Crippen MR) is 78.2 cm³/mol. The van der Waals surface area contributed by atoms with Gasteiger partial charge in [0.1, 0.15) is 0 Å². The lowest BCUT2D eigenvalue weighted by molar-refractivity contribution is 0.551. The second-order valence-corrected chi connectivity index (χ2v) is 5.44. The van der Waals surface area contributed by atoms with Gasteiger partial charge in [-0.05, 0) is 26.2 Å². The van der Waals surface area contributed by atoms with Crippen molar-refractivity contribution in [3.8, 4) is 0 Å². The fourth-order valence-electron chi connectivity index (χ4n) is 2.62. The maximum Gasteiger partial charge on any atom is 0.168 e. The van der Waals surface area contributed by atoms with Crippen molar-refractivity contribution in [1.82, 2.24) is 4.98 Å². The standard InChI is InChI=1S/C15H23F2N3/c1-3-8-18-14-12(16)10-13(17)15(19-14)20-9-6-4-5-7-11(20)2/h10-11H,3-9H2,1-2H3,(H,18,19). The zero-order chi connectivity index (χ0) is 14.5. The number of hydrogen-bond acceptors (Lipinski definition) is 3. The Hall–Kier alpha value is -1.39. The van der Waals surface area contributed by atoms with E-state index in [1.807, 2.05) is 11.8 Å². The van der Waals surface area contributed by atoms with E-state index < -0.39 is 11.6 Å². The Morgan fingerprint density at radius 1 is 1.30 bits per heavy atom. The molecule has 0 spiro atoms. The van der Waals surface area contributed by atoms with Crippen LogP contribution in [-0.4, -0.2) is 24.1 Å². The first-order valence-electron chi connectivity index (χ1n) is 7.50. The summed E-state index contributed by atoms with van der Waals surface area (Å²) in [6.07, 6.45) is 5.23. The Balaban J connectivity index is 2.29. The highest BCUT2D eigenvalue weighted by Crippen LogP contribution is 2.27. The lowest BCUT2D eigenvalue weighted by atomic mass is 10.1. The summed E-state index contributed by atoms with van der Waals surface area (Å²) in [4.78, 5) is 6.16. The van der Waals surface area contributed by atoms with Crippen molar-refractivity contribution in [3.63, 3.8) is 0 Å². The van der Waals surface area contributed by atoms with E-state index in [0.717, 1.165) is 44.7 Å². The van der Waals surface area contributed by atoms with Crippen LogP contribution in [0.25, 0.3) is 0 Å². The predicted octanol–water partition coefficient (Wildman–Crippen LogP) is 3.95. The van der Waals surface area contributed by atoms with Gasteiger partial charge in [0.25, 0.3) is 0 Å². The molecular formula is C15H23F2N3. The van der Waals surface area contributed by atoms with Crippen LogP contribution in [0.15, 0.2) is 6.07 Å². The maximum atomic E-state index is 14.1. The second kappa shape index (κ2) is 6.86. The molecule has 0 aromatic carbocycles. The number of hydrogen-bond donors (Lipinski definition) is 1. The average molecular weight is 283 g/mol. The van der Waals surface area contributed by atoms with E-state index in [4.69, 9.17) is 0 Å². The number of rotatable bonds is 4. The summed E-state index contributed by atoms with van der Waals surface area (Å²) in [5.74, 6) is -0.764. The van der Waals surface area contributed by atoms with Gasteiger partial charge < -0.3 is 10.2 Å². The Labute approximate surface area is 119 Å². The van der Waals surface area contributed by atoms with E-state index in [-0.39, 0.29) is 17.7 Å². The van der Waals surface area contributed by atoms with Gasteiger partial charge in [-0.2, -0.15) is 0 Å². The minimum absolute atomic E-state index is 0.152. The molecule has 2 rings (SSSR count). The third-order valence-corrected chi connectivity index (χ3v) is 3.78. The molecule has 3 nitrogen and oxygen atoms in total. The van der Waals surface area contributed by atoms with E-state index >= 15 is 0 Å². The first-order chi connectivity index (χ1) is 9.63. The van der Waals surface area contributed by atoms with E-state index in [1.165, 1.54) is 0 Å². The number of pyridine rings is 1. The van der Waals surface area contributed by atoms with Crippen molar-refractivity contribution in [2.75, 3.05) is 23.3 Å². The van der Waals surface area contributed by atoms with Crippen LogP contribution < -0.4 is 10.2 Å². The number of nitrogens with one attached hydrogen (secondary N) is 1. The van der Waals surface area contributed by atoms with Crippen LogP contribution in [0, 0.1) is 11.6 Å². The van der Waals surface area contributed by atoms with Crippen molar-refractivity contribution in [3.05, 3.63) is 17.7 Å². The van der Waals surface area contributed by atoms with E-state index in [2.05, 4.69) is 17.2 Å². The zero-order valence-corrected chi connectivity index (χ0v) is 12.3. The first kappa shape index (κ1) is 15.0. The van der Waals surface area contributed by atoms with Crippen molar-refractivity contribution in [2.45, 2.75) is 52.0 Å².